The predicted molar refractivity (Wildman–Crippen MR) is 111 cm³/mol. The van der Waals surface area contributed by atoms with Gasteiger partial charge >= 0.3 is 0 Å². The third kappa shape index (κ3) is 3.61. The summed E-state index contributed by atoms with van der Waals surface area (Å²) in [4.78, 5) is 0. The van der Waals surface area contributed by atoms with Gasteiger partial charge in [-0.15, -0.1) is 0 Å². The van der Waals surface area contributed by atoms with E-state index >= 15 is 0 Å². The van der Waals surface area contributed by atoms with Crippen molar-refractivity contribution in [1.82, 2.24) is 0 Å². The molecule has 2 aliphatic heterocycles. The number of ether oxygens (including phenoxy) is 3. The summed E-state index contributed by atoms with van der Waals surface area (Å²) in [5.41, 5.74) is 0.953. The molecule has 0 amide bonds. The molecule has 2 bridgehead atoms. The quantitative estimate of drug-likeness (QED) is 0.721. The van der Waals surface area contributed by atoms with Crippen LogP contribution < -0.4 is 4.74 Å². The van der Waals surface area contributed by atoms with Gasteiger partial charge in [-0.05, 0) is 55.7 Å². The SMILES string of the molecule is CCOc1ccc(Cc2cc([C@]34CC(O)[C@H](O)[C@](C(C)F)(CO3)O4)ccc2Cl)cc1. The molecule has 30 heavy (non-hydrogen) atoms. The van der Waals surface area contributed by atoms with Gasteiger partial charge in [0, 0.05) is 17.0 Å². The van der Waals surface area contributed by atoms with Crippen molar-refractivity contribution < 1.29 is 28.8 Å². The summed E-state index contributed by atoms with van der Waals surface area (Å²) in [6.45, 7) is 3.71. The van der Waals surface area contributed by atoms with E-state index in [1.807, 2.05) is 37.3 Å². The Morgan fingerprint density at radius 2 is 1.97 bits per heavy atom. The first-order valence-corrected chi connectivity index (χ1v) is 10.5. The summed E-state index contributed by atoms with van der Waals surface area (Å²) in [6.07, 6.45) is -3.45. The van der Waals surface area contributed by atoms with Gasteiger partial charge in [0.1, 0.15) is 18.0 Å². The van der Waals surface area contributed by atoms with Gasteiger partial charge in [0.2, 0.25) is 0 Å². The number of rotatable bonds is 6. The molecule has 4 rings (SSSR count). The van der Waals surface area contributed by atoms with Gasteiger partial charge in [-0.25, -0.2) is 4.39 Å². The molecule has 5 atom stereocenters. The Hall–Kier alpha value is -1.70. The van der Waals surface area contributed by atoms with Crippen LogP contribution in [0.2, 0.25) is 5.02 Å². The van der Waals surface area contributed by atoms with E-state index in [1.54, 1.807) is 12.1 Å². The van der Waals surface area contributed by atoms with E-state index in [4.69, 9.17) is 25.8 Å². The Kier molecular flexibility index (Phi) is 5.81. The number of aliphatic hydroxyl groups excluding tert-OH is 2. The zero-order valence-corrected chi connectivity index (χ0v) is 17.7. The van der Waals surface area contributed by atoms with Crippen molar-refractivity contribution in [3.63, 3.8) is 0 Å². The fourth-order valence-electron chi connectivity index (χ4n) is 4.28. The van der Waals surface area contributed by atoms with E-state index in [0.717, 1.165) is 16.9 Å². The van der Waals surface area contributed by atoms with Gasteiger partial charge in [0.05, 0.1) is 19.3 Å². The van der Waals surface area contributed by atoms with Crippen molar-refractivity contribution in [2.45, 2.75) is 56.5 Å². The molecule has 2 aliphatic rings. The first-order valence-electron chi connectivity index (χ1n) is 10.1. The molecule has 2 unspecified atom stereocenters. The average Bonchev–Trinajstić information content (AvgIpc) is 3.08. The molecule has 162 valence electrons. The van der Waals surface area contributed by atoms with Gasteiger partial charge < -0.3 is 24.4 Å². The van der Waals surface area contributed by atoms with Crippen LogP contribution in [-0.2, 0) is 21.7 Å². The van der Waals surface area contributed by atoms with Gasteiger partial charge in [0.25, 0.3) is 0 Å². The highest BCUT2D eigenvalue weighted by Crippen LogP contribution is 2.51. The molecule has 2 heterocycles. The zero-order valence-electron chi connectivity index (χ0n) is 17.0. The number of fused-ring (bicyclic) bond motifs is 2. The van der Waals surface area contributed by atoms with Crippen LogP contribution in [-0.4, -0.2) is 47.4 Å². The summed E-state index contributed by atoms with van der Waals surface area (Å²) in [6, 6.07) is 13.1. The van der Waals surface area contributed by atoms with E-state index in [1.165, 1.54) is 6.92 Å². The largest absolute Gasteiger partial charge is 0.494 e. The molecule has 0 radical (unpaired) electrons. The van der Waals surface area contributed by atoms with Gasteiger partial charge in [0.15, 0.2) is 11.4 Å². The Labute approximate surface area is 180 Å². The second-order valence-electron chi connectivity index (χ2n) is 7.99. The third-order valence-corrected chi connectivity index (χ3v) is 6.39. The number of halogens is 2. The maximum atomic E-state index is 14.4. The maximum Gasteiger partial charge on any atom is 0.198 e. The molecule has 2 aromatic carbocycles. The highest BCUT2D eigenvalue weighted by atomic mass is 35.5. The standard InChI is InChI=1S/C23H26ClFO5/c1-3-28-18-7-4-15(5-8-18)10-16-11-17(6-9-19(16)24)23-12-20(26)21(27)22(30-23,13-29-23)14(2)25/h4-9,11,14,20-21,26-27H,3,10,12-13H2,1-2H3/t14?,20?,21-,22+,23+/m0/s1. The molecular weight excluding hydrogens is 411 g/mol. The van der Waals surface area contributed by atoms with Gasteiger partial charge in [-0.2, -0.15) is 0 Å². The minimum absolute atomic E-state index is 0.00671. The summed E-state index contributed by atoms with van der Waals surface area (Å²) in [7, 11) is 0. The van der Waals surface area contributed by atoms with Crippen LogP contribution in [0.1, 0.15) is 37.0 Å². The number of hydrogen-bond acceptors (Lipinski definition) is 5. The normalized spacial score (nSPS) is 31.5. The topological polar surface area (TPSA) is 68.2 Å². The molecule has 7 heteroatoms. The highest BCUT2D eigenvalue weighted by molar-refractivity contribution is 6.31. The Balaban J connectivity index is 1.63. The number of benzene rings is 2. The minimum atomic E-state index is -1.59. The van der Waals surface area contributed by atoms with Gasteiger partial charge in [-0.3, -0.25) is 0 Å². The monoisotopic (exact) mass is 436 g/mol. The van der Waals surface area contributed by atoms with Crippen LogP contribution in [0.4, 0.5) is 4.39 Å². The predicted octanol–water partition coefficient (Wildman–Crippen LogP) is 3.75. The van der Waals surface area contributed by atoms with Crippen molar-refractivity contribution in [3.8, 4) is 5.75 Å². The second-order valence-corrected chi connectivity index (χ2v) is 8.40. The number of alkyl halides is 1. The van der Waals surface area contributed by atoms with Crippen molar-refractivity contribution in [2.24, 2.45) is 0 Å². The minimum Gasteiger partial charge on any atom is -0.494 e. The Morgan fingerprint density at radius 3 is 2.63 bits per heavy atom. The number of aliphatic hydroxyl groups is 2. The summed E-state index contributed by atoms with van der Waals surface area (Å²) in [5, 5.41) is 21.4. The molecule has 2 N–H and O–H groups in total. The zero-order chi connectivity index (χ0) is 21.5. The molecule has 2 fully saturated rings. The fraction of sp³-hybridized carbons (Fsp3) is 0.478. The lowest BCUT2D eigenvalue weighted by molar-refractivity contribution is -0.286. The van der Waals surface area contributed by atoms with Crippen molar-refractivity contribution in [1.29, 1.82) is 0 Å². The highest BCUT2D eigenvalue weighted by Gasteiger charge is 2.64. The lowest BCUT2D eigenvalue weighted by Crippen LogP contribution is -2.61. The molecule has 0 saturated carbocycles. The van der Waals surface area contributed by atoms with Crippen LogP contribution >= 0.6 is 11.6 Å². The molecule has 2 saturated heterocycles. The lowest BCUT2D eigenvalue weighted by atomic mass is 9.83. The first kappa shape index (κ1) is 21.5. The fourth-order valence-corrected chi connectivity index (χ4v) is 4.47. The lowest BCUT2D eigenvalue weighted by Gasteiger charge is -2.44. The van der Waals surface area contributed by atoms with Crippen molar-refractivity contribution in [3.05, 3.63) is 64.2 Å². The molecule has 0 aliphatic carbocycles. The molecule has 0 spiro atoms. The van der Waals surface area contributed by atoms with Gasteiger partial charge in [-0.1, -0.05) is 29.8 Å². The van der Waals surface area contributed by atoms with Crippen LogP contribution in [0.25, 0.3) is 0 Å². The van der Waals surface area contributed by atoms with E-state index in [9.17, 15) is 14.6 Å². The molecular formula is C23H26ClFO5. The van der Waals surface area contributed by atoms with Crippen LogP contribution in [0, 0.1) is 0 Å². The Bertz CT molecular complexity index is 905. The first-order chi connectivity index (χ1) is 14.3. The van der Waals surface area contributed by atoms with Crippen LogP contribution in [0.3, 0.4) is 0 Å². The number of hydrogen-bond donors (Lipinski definition) is 2. The van der Waals surface area contributed by atoms with E-state index in [2.05, 4.69) is 0 Å². The van der Waals surface area contributed by atoms with Crippen molar-refractivity contribution in [2.75, 3.05) is 13.2 Å². The molecule has 5 nitrogen and oxygen atoms in total. The van der Waals surface area contributed by atoms with E-state index < -0.39 is 29.8 Å². The Morgan fingerprint density at radius 1 is 1.23 bits per heavy atom. The third-order valence-electron chi connectivity index (χ3n) is 6.02. The van der Waals surface area contributed by atoms with Crippen LogP contribution in [0.15, 0.2) is 42.5 Å². The summed E-state index contributed by atoms with van der Waals surface area (Å²) >= 11 is 6.44. The molecule has 2 aromatic rings. The molecule has 0 aromatic heterocycles. The summed E-state index contributed by atoms with van der Waals surface area (Å²) in [5.74, 6) is -0.517. The van der Waals surface area contributed by atoms with E-state index in [-0.39, 0.29) is 13.0 Å². The smallest absolute Gasteiger partial charge is 0.198 e. The maximum absolute atomic E-state index is 14.4. The van der Waals surface area contributed by atoms with Crippen LogP contribution in [0.5, 0.6) is 5.75 Å². The summed E-state index contributed by atoms with van der Waals surface area (Å²) < 4.78 is 31.8. The average molecular weight is 437 g/mol. The van der Waals surface area contributed by atoms with E-state index in [0.29, 0.717) is 23.6 Å². The second kappa shape index (κ2) is 8.09. The van der Waals surface area contributed by atoms with Crippen molar-refractivity contribution >= 4 is 11.6 Å².